The highest BCUT2D eigenvalue weighted by atomic mass is 16.5. The van der Waals surface area contributed by atoms with Crippen LogP contribution < -0.4 is 5.73 Å². The Labute approximate surface area is 103 Å². The van der Waals surface area contributed by atoms with Gasteiger partial charge in [0.15, 0.2) is 0 Å². The van der Waals surface area contributed by atoms with Gasteiger partial charge in [0.2, 0.25) is 0 Å². The maximum absolute atomic E-state index is 8.95. The number of rotatable bonds is 5. The van der Waals surface area contributed by atoms with Crippen molar-refractivity contribution >= 4 is 0 Å². The van der Waals surface area contributed by atoms with Gasteiger partial charge in [-0.2, -0.15) is 0 Å². The fourth-order valence-electron chi connectivity index (χ4n) is 2.44. The lowest BCUT2D eigenvalue weighted by atomic mass is 10.1. The Morgan fingerprint density at radius 2 is 1.88 bits per heavy atom. The summed E-state index contributed by atoms with van der Waals surface area (Å²) in [6.07, 6.45) is 3.90. The van der Waals surface area contributed by atoms with Gasteiger partial charge in [0.25, 0.3) is 0 Å². The predicted molar refractivity (Wildman–Crippen MR) is 67.3 cm³/mol. The van der Waals surface area contributed by atoms with Crippen molar-refractivity contribution in [2.45, 2.75) is 38.6 Å². The number of ether oxygens (including phenoxy) is 1. The van der Waals surface area contributed by atoms with Gasteiger partial charge in [-0.25, -0.2) is 0 Å². The maximum Gasteiger partial charge on any atom is 0.0720 e. The van der Waals surface area contributed by atoms with E-state index in [0.717, 1.165) is 24.1 Å². The number of hydrogen-bond donors (Lipinski definition) is 2. The number of benzene rings is 1. The Bertz CT molecular complexity index is 337. The van der Waals surface area contributed by atoms with Crippen molar-refractivity contribution in [1.82, 2.24) is 0 Å². The Morgan fingerprint density at radius 3 is 2.53 bits per heavy atom. The van der Waals surface area contributed by atoms with E-state index in [1.165, 1.54) is 12.8 Å². The van der Waals surface area contributed by atoms with Gasteiger partial charge in [-0.15, -0.1) is 0 Å². The molecule has 3 nitrogen and oxygen atoms in total. The quantitative estimate of drug-likeness (QED) is 0.818. The van der Waals surface area contributed by atoms with E-state index in [1.807, 2.05) is 24.3 Å². The summed E-state index contributed by atoms with van der Waals surface area (Å²) in [6.45, 7) is 1.47. The van der Waals surface area contributed by atoms with Crippen LogP contribution in [-0.2, 0) is 18.0 Å². The summed E-state index contributed by atoms with van der Waals surface area (Å²) < 4.78 is 5.92. The van der Waals surface area contributed by atoms with Gasteiger partial charge >= 0.3 is 0 Å². The second-order valence-corrected chi connectivity index (χ2v) is 4.75. The summed E-state index contributed by atoms with van der Waals surface area (Å²) in [5, 5.41) is 8.95. The minimum Gasteiger partial charge on any atom is -0.392 e. The molecule has 2 rings (SSSR count). The third kappa shape index (κ3) is 3.28. The summed E-state index contributed by atoms with van der Waals surface area (Å²) >= 11 is 0. The number of aliphatic hydroxyl groups is 1. The van der Waals surface area contributed by atoms with E-state index >= 15 is 0 Å². The monoisotopic (exact) mass is 235 g/mol. The van der Waals surface area contributed by atoms with E-state index in [0.29, 0.717) is 18.6 Å². The smallest absolute Gasteiger partial charge is 0.0720 e. The van der Waals surface area contributed by atoms with E-state index in [4.69, 9.17) is 15.6 Å². The van der Waals surface area contributed by atoms with Gasteiger partial charge in [-0.05, 0) is 36.4 Å². The molecule has 1 aromatic rings. The molecule has 3 heteroatoms. The van der Waals surface area contributed by atoms with Gasteiger partial charge in [0.05, 0.1) is 19.3 Å². The number of aliphatic hydroxyl groups excluding tert-OH is 1. The van der Waals surface area contributed by atoms with E-state index in [-0.39, 0.29) is 6.61 Å². The first kappa shape index (κ1) is 12.6. The molecule has 3 N–H and O–H groups in total. The van der Waals surface area contributed by atoms with Crippen molar-refractivity contribution in [2.75, 3.05) is 6.54 Å². The van der Waals surface area contributed by atoms with Crippen molar-refractivity contribution in [3.8, 4) is 0 Å². The molecule has 1 saturated carbocycles. The van der Waals surface area contributed by atoms with Crippen LogP contribution in [0.25, 0.3) is 0 Å². The number of hydrogen-bond acceptors (Lipinski definition) is 3. The molecular weight excluding hydrogens is 214 g/mol. The van der Waals surface area contributed by atoms with Crippen LogP contribution in [0.15, 0.2) is 24.3 Å². The highest BCUT2D eigenvalue weighted by Gasteiger charge is 2.26. The van der Waals surface area contributed by atoms with Crippen LogP contribution in [0.5, 0.6) is 0 Å². The van der Waals surface area contributed by atoms with Crippen LogP contribution in [0.2, 0.25) is 0 Å². The van der Waals surface area contributed by atoms with Crippen LogP contribution in [-0.4, -0.2) is 17.8 Å². The van der Waals surface area contributed by atoms with Crippen molar-refractivity contribution in [1.29, 1.82) is 0 Å². The molecule has 0 aromatic heterocycles. The molecule has 0 saturated heterocycles. The summed E-state index contributed by atoms with van der Waals surface area (Å²) in [5.74, 6) is 0.534. The Morgan fingerprint density at radius 1 is 1.18 bits per heavy atom. The molecule has 1 aliphatic carbocycles. The first-order valence-electron chi connectivity index (χ1n) is 6.34. The Hall–Kier alpha value is -0.900. The zero-order valence-electron chi connectivity index (χ0n) is 10.1. The standard InChI is InChI=1S/C14H21NO2/c15-8-13-2-1-3-14(13)17-10-12-6-4-11(9-16)5-7-12/h4-7,13-14,16H,1-3,8-10,15H2. The molecule has 2 unspecified atom stereocenters. The van der Waals surface area contributed by atoms with Gasteiger partial charge in [-0.1, -0.05) is 30.7 Å². The third-order valence-electron chi connectivity index (χ3n) is 3.56. The van der Waals surface area contributed by atoms with E-state index in [1.54, 1.807) is 0 Å². The minimum atomic E-state index is 0.0962. The number of nitrogens with two attached hydrogens (primary N) is 1. The molecule has 0 bridgehead atoms. The first-order valence-corrected chi connectivity index (χ1v) is 6.34. The Balaban J connectivity index is 1.84. The molecule has 1 fully saturated rings. The summed E-state index contributed by atoms with van der Waals surface area (Å²) in [5.41, 5.74) is 7.82. The Kier molecular flexibility index (Phi) is 4.54. The molecule has 94 valence electrons. The van der Waals surface area contributed by atoms with Gasteiger partial charge in [0.1, 0.15) is 0 Å². The summed E-state index contributed by atoms with van der Waals surface area (Å²) in [6, 6.07) is 7.90. The molecule has 1 aliphatic rings. The lowest BCUT2D eigenvalue weighted by molar-refractivity contribution is 0.0182. The fourth-order valence-corrected chi connectivity index (χ4v) is 2.44. The molecule has 17 heavy (non-hydrogen) atoms. The molecule has 1 aromatic carbocycles. The lowest BCUT2D eigenvalue weighted by Gasteiger charge is -2.18. The molecule has 0 amide bonds. The van der Waals surface area contributed by atoms with Crippen LogP contribution >= 0.6 is 0 Å². The lowest BCUT2D eigenvalue weighted by Crippen LogP contribution is -2.25. The second kappa shape index (κ2) is 6.15. The van der Waals surface area contributed by atoms with Crippen LogP contribution in [0.3, 0.4) is 0 Å². The van der Waals surface area contributed by atoms with E-state index in [2.05, 4.69) is 0 Å². The fraction of sp³-hybridized carbons (Fsp3) is 0.571. The maximum atomic E-state index is 8.95. The largest absolute Gasteiger partial charge is 0.392 e. The molecule has 0 spiro atoms. The van der Waals surface area contributed by atoms with Gasteiger partial charge in [-0.3, -0.25) is 0 Å². The van der Waals surface area contributed by atoms with Crippen molar-refractivity contribution in [3.05, 3.63) is 35.4 Å². The average Bonchev–Trinajstić information content (AvgIpc) is 2.84. The van der Waals surface area contributed by atoms with Crippen LogP contribution in [0.1, 0.15) is 30.4 Å². The molecule has 0 radical (unpaired) electrons. The first-order chi connectivity index (χ1) is 8.33. The average molecular weight is 235 g/mol. The zero-order valence-corrected chi connectivity index (χ0v) is 10.1. The summed E-state index contributed by atoms with van der Waals surface area (Å²) in [4.78, 5) is 0. The SMILES string of the molecule is NCC1CCCC1OCc1ccc(CO)cc1. The zero-order chi connectivity index (χ0) is 12.1. The normalized spacial score (nSPS) is 24.1. The van der Waals surface area contributed by atoms with Crippen molar-refractivity contribution in [3.63, 3.8) is 0 Å². The van der Waals surface area contributed by atoms with Crippen LogP contribution in [0.4, 0.5) is 0 Å². The van der Waals surface area contributed by atoms with E-state index in [9.17, 15) is 0 Å². The predicted octanol–water partition coefficient (Wildman–Crippen LogP) is 1.82. The molecule has 2 atom stereocenters. The molecule has 0 heterocycles. The van der Waals surface area contributed by atoms with Crippen LogP contribution in [0, 0.1) is 5.92 Å². The highest BCUT2D eigenvalue weighted by Crippen LogP contribution is 2.28. The minimum absolute atomic E-state index is 0.0962. The van der Waals surface area contributed by atoms with Crippen molar-refractivity contribution in [2.24, 2.45) is 11.7 Å². The topological polar surface area (TPSA) is 55.5 Å². The van der Waals surface area contributed by atoms with E-state index < -0.39 is 0 Å². The second-order valence-electron chi connectivity index (χ2n) is 4.75. The van der Waals surface area contributed by atoms with Gasteiger partial charge in [0, 0.05) is 0 Å². The molecule has 0 aliphatic heterocycles. The third-order valence-corrected chi connectivity index (χ3v) is 3.56. The highest BCUT2D eigenvalue weighted by molar-refractivity contribution is 5.21. The summed E-state index contributed by atoms with van der Waals surface area (Å²) in [7, 11) is 0. The van der Waals surface area contributed by atoms with Crippen molar-refractivity contribution < 1.29 is 9.84 Å². The molecular formula is C14H21NO2. The van der Waals surface area contributed by atoms with Gasteiger partial charge < -0.3 is 15.6 Å².